The van der Waals surface area contributed by atoms with Crippen LogP contribution in [0.1, 0.15) is 49.2 Å². The Morgan fingerprint density at radius 2 is 1.94 bits per heavy atom. The second-order valence-corrected chi connectivity index (χ2v) is 9.14. The van der Waals surface area contributed by atoms with Gasteiger partial charge in [-0.05, 0) is 76.0 Å². The molecule has 0 saturated carbocycles. The van der Waals surface area contributed by atoms with E-state index in [1.165, 1.54) is 25.9 Å². The molecule has 3 heterocycles. The molecule has 0 atom stereocenters. The van der Waals surface area contributed by atoms with Crippen molar-refractivity contribution in [3.63, 3.8) is 0 Å². The maximum atomic E-state index is 6.10. The van der Waals surface area contributed by atoms with Crippen molar-refractivity contribution in [2.24, 2.45) is 0 Å². The summed E-state index contributed by atoms with van der Waals surface area (Å²) in [5, 5.41) is 0. The van der Waals surface area contributed by atoms with Gasteiger partial charge in [-0.25, -0.2) is 9.97 Å². The van der Waals surface area contributed by atoms with Gasteiger partial charge in [-0.15, -0.1) is 0 Å². The van der Waals surface area contributed by atoms with Crippen LogP contribution in [0, 0.1) is 0 Å². The van der Waals surface area contributed by atoms with E-state index in [1.54, 1.807) is 7.11 Å². The van der Waals surface area contributed by atoms with Crippen LogP contribution in [0.25, 0.3) is 0 Å². The molecule has 1 aromatic carbocycles. The molecule has 2 aliphatic rings. The van der Waals surface area contributed by atoms with Gasteiger partial charge in [0.2, 0.25) is 0 Å². The highest BCUT2D eigenvalue weighted by Crippen LogP contribution is 2.29. The van der Waals surface area contributed by atoms with Crippen LogP contribution in [0.4, 0.5) is 0 Å². The molecule has 7 heteroatoms. The summed E-state index contributed by atoms with van der Waals surface area (Å²) in [6.07, 6.45) is 8.39. The Kier molecular flexibility index (Phi) is 8.92. The van der Waals surface area contributed by atoms with E-state index >= 15 is 0 Å². The highest BCUT2D eigenvalue weighted by molar-refractivity contribution is 5.43. The van der Waals surface area contributed by atoms with Gasteiger partial charge in [0.05, 0.1) is 19.4 Å². The van der Waals surface area contributed by atoms with E-state index in [9.17, 15) is 0 Å². The van der Waals surface area contributed by atoms with Crippen molar-refractivity contribution >= 4 is 0 Å². The Hall–Kier alpha value is -2.22. The van der Waals surface area contributed by atoms with Crippen molar-refractivity contribution in [3.05, 3.63) is 47.5 Å². The highest BCUT2D eigenvalue weighted by Gasteiger charge is 2.19. The first-order valence-electron chi connectivity index (χ1n) is 12.3. The largest absolute Gasteiger partial charge is 0.493 e. The maximum absolute atomic E-state index is 6.10. The monoisotopic (exact) mass is 454 g/mol. The zero-order chi connectivity index (χ0) is 22.9. The molecule has 0 amide bonds. The molecule has 0 N–H and O–H groups in total. The molecule has 0 bridgehead atoms. The van der Waals surface area contributed by atoms with Gasteiger partial charge in [0.1, 0.15) is 5.82 Å². The van der Waals surface area contributed by atoms with Crippen molar-refractivity contribution in [1.82, 2.24) is 19.8 Å². The minimum absolute atomic E-state index is 0.559. The lowest BCUT2D eigenvalue weighted by molar-refractivity contribution is 0.0403. The topological polar surface area (TPSA) is 60.0 Å². The Bertz CT molecular complexity index is 866. The first-order valence-corrected chi connectivity index (χ1v) is 12.3. The Morgan fingerprint density at radius 1 is 1.12 bits per heavy atom. The van der Waals surface area contributed by atoms with E-state index in [1.807, 2.05) is 18.3 Å². The second-order valence-electron chi connectivity index (χ2n) is 9.14. The van der Waals surface area contributed by atoms with E-state index in [4.69, 9.17) is 19.2 Å². The number of likely N-dealkylation sites (tertiary alicyclic amines) is 1. The second kappa shape index (κ2) is 12.3. The van der Waals surface area contributed by atoms with Crippen molar-refractivity contribution in [3.8, 4) is 11.5 Å². The van der Waals surface area contributed by atoms with Gasteiger partial charge in [-0.2, -0.15) is 0 Å². The van der Waals surface area contributed by atoms with Crippen LogP contribution in [0.5, 0.6) is 11.5 Å². The number of aromatic nitrogens is 2. The summed E-state index contributed by atoms with van der Waals surface area (Å²) >= 11 is 0. The quantitative estimate of drug-likeness (QED) is 0.481. The minimum atomic E-state index is 0.559. The molecule has 4 rings (SSSR count). The summed E-state index contributed by atoms with van der Waals surface area (Å²) in [4.78, 5) is 14.3. The molecule has 0 spiro atoms. The van der Waals surface area contributed by atoms with Crippen LogP contribution in [-0.2, 0) is 17.7 Å². The molecule has 2 saturated heterocycles. The maximum Gasteiger partial charge on any atom is 0.161 e. The van der Waals surface area contributed by atoms with Crippen LogP contribution in [0.3, 0.4) is 0 Å². The molecule has 0 radical (unpaired) electrons. The third kappa shape index (κ3) is 7.13. The van der Waals surface area contributed by atoms with Crippen molar-refractivity contribution in [2.75, 3.05) is 53.6 Å². The molecule has 33 heavy (non-hydrogen) atoms. The number of ether oxygens (including phenoxy) is 3. The van der Waals surface area contributed by atoms with Gasteiger partial charge in [0.15, 0.2) is 11.5 Å². The first kappa shape index (κ1) is 23.9. The fourth-order valence-corrected chi connectivity index (χ4v) is 4.73. The SMILES string of the molecule is COc1ccc(Cc2nccc(CN(C)C3CCOCC3)n2)cc1OCCCN1CCCC1. The molecule has 0 aliphatic carbocycles. The van der Waals surface area contributed by atoms with E-state index < -0.39 is 0 Å². The van der Waals surface area contributed by atoms with E-state index in [0.717, 1.165) is 74.1 Å². The fraction of sp³-hybridized carbons (Fsp3) is 0.615. The summed E-state index contributed by atoms with van der Waals surface area (Å²) in [5.74, 6) is 2.40. The van der Waals surface area contributed by atoms with Gasteiger partial charge >= 0.3 is 0 Å². The molecule has 2 aromatic rings. The Morgan fingerprint density at radius 3 is 2.73 bits per heavy atom. The number of benzene rings is 1. The van der Waals surface area contributed by atoms with Crippen LogP contribution in [0.15, 0.2) is 30.5 Å². The Balaban J connectivity index is 1.33. The average Bonchev–Trinajstić information content (AvgIpc) is 3.36. The zero-order valence-electron chi connectivity index (χ0n) is 20.2. The van der Waals surface area contributed by atoms with E-state index in [0.29, 0.717) is 19.1 Å². The normalized spacial score (nSPS) is 17.5. The predicted octanol–water partition coefficient (Wildman–Crippen LogP) is 3.55. The van der Waals surface area contributed by atoms with Crippen LogP contribution in [-0.4, -0.2) is 79.4 Å². The van der Waals surface area contributed by atoms with E-state index in [2.05, 4.69) is 34.0 Å². The molecule has 0 unspecified atom stereocenters. The van der Waals surface area contributed by atoms with Gasteiger partial charge in [-0.3, -0.25) is 4.90 Å². The summed E-state index contributed by atoms with van der Waals surface area (Å²) in [7, 11) is 3.86. The number of hydrogen-bond donors (Lipinski definition) is 0. The summed E-state index contributed by atoms with van der Waals surface area (Å²) < 4.78 is 17.1. The summed E-state index contributed by atoms with van der Waals surface area (Å²) in [5.41, 5.74) is 2.18. The van der Waals surface area contributed by atoms with Crippen LogP contribution in [0.2, 0.25) is 0 Å². The van der Waals surface area contributed by atoms with Gasteiger partial charge in [0, 0.05) is 45.0 Å². The minimum Gasteiger partial charge on any atom is -0.493 e. The molecule has 7 nitrogen and oxygen atoms in total. The van der Waals surface area contributed by atoms with Crippen molar-refractivity contribution < 1.29 is 14.2 Å². The number of hydrogen-bond acceptors (Lipinski definition) is 7. The third-order valence-electron chi connectivity index (χ3n) is 6.65. The van der Waals surface area contributed by atoms with Crippen molar-refractivity contribution in [2.45, 2.75) is 51.1 Å². The van der Waals surface area contributed by atoms with E-state index in [-0.39, 0.29) is 0 Å². The lowest BCUT2D eigenvalue weighted by Gasteiger charge is -2.30. The smallest absolute Gasteiger partial charge is 0.161 e. The molecular weight excluding hydrogens is 416 g/mol. The Labute approximate surface area is 198 Å². The average molecular weight is 455 g/mol. The summed E-state index contributed by atoms with van der Waals surface area (Å²) in [6.45, 7) is 6.78. The third-order valence-corrected chi connectivity index (χ3v) is 6.65. The van der Waals surface area contributed by atoms with Crippen LogP contribution >= 0.6 is 0 Å². The fourth-order valence-electron chi connectivity index (χ4n) is 4.73. The molecular formula is C26H38N4O3. The van der Waals surface area contributed by atoms with Gasteiger partial charge < -0.3 is 19.1 Å². The molecule has 1 aromatic heterocycles. The number of nitrogens with zero attached hydrogens (tertiary/aromatic N) is 4. The standard InChI is InChI=1S/C26H38N4O3/c1-29(23-9-16-32-17-10-23)20-22-8-11-27-26(28-22)19-21-6-7-24(31-2)25(18-21)33-15-5-14-30-12-3-4-13-30/h6-8,11,18,23H,3-5,9-10,12-17,19-20H2,1-2H3. The predicted molar refractivity (Wildman–Crippen MR) is 129 cm³/mol. The summed E-state index contributed by atoms with van der Waals surface area (Å²) in [6, 6.07) is 8.69. The molecule has 2 aliphatic heterocycles. The van der Waals surface area contributed by atoms with Gasteiger partial charge in [-0.1, -0.05) is 6.07 Å². The molecule has 180 valence electrons. The number of rotatable bonds is 11. The lowest BCUT2D eigenvalue weighted by Crippen LogP contribution is -2.36. The zero-order valence-corrected chi connectivity index (χ0v) is 20.2. The van der Waals surface area contributed by atoms with Crippen molar-refractivity contribution in [1.29, 1.82) is 0 Å². The number of methoxy groups -OCH3 is 1. The lowest BCUT2D eigenvalue weighted by atomic mass is 10.1. The molecule has 2 fully saturated rings. The first-order chi connectivity index (χ1) is 16.2. The highest BCUT2D eigenvalue weighted by atomic mass is 16.5. The van der Waals surface area contributed by atoms with Crippen LogP contribution < -0.4 is 9.47 Å². The van der Waals surface area contributed by atoms with Gasteiger partial charge in [0.25, 0.3) is 0 Å².